The zero-order valence-electron chi connectivity index (χ0n) is 20.2. The summed E-state index contributed by atoms with van der Waals surface area (Å²) in [7, 11) is 0. The van der Waals surface area contributed by atoms with Gasteiger partial charge in [0.25, 0.3) is 0 Å². The van der Waals surface area contributed by atoms with Crippen LogP contribution in [-0.2, 0) is 11.2 Å². The van der Waals surface area contributed by atoms with Crippen LogP contribution in [0.3, 0.4) is 0 Å². The largest absolute Gasteiger partial charge is 0.508 e. The lowest BCUT2D eigenvalue weighted by Gasteiger charge is -2.05. The van der Waals surface area contributed by atoms with Crippen molar-refractivity contribution in [3.63, 3.8) is 0 Å². The van der Waals surface area contributed by atoms with Gasteiger partial charge in [0.15, 0.2) is 0 Å². The van der Waals surface area contributed by atoms with Crippen molar-refractivity contribution in [2.75, 3.05) is 0 Å². The number of hydrogen-bond donors (Lipinski definition) is 2. The second-order valence-corrected chi connectivity index (χ2v) is 9.02. The Hall–Kier alpha value is -2.56. The number of carboxylic acids is 1. The maximum atomic E-state index is 12.7. The van der Waals surface area contributed by atoms with Gasteiger partial charge in [-0.2, -0.15) is 0 Å². The molecule has 0 aliphatic rings. The summed E-state index contributed by atoms with van der Waals surface area (Å²) in [6.07, 6.45) is 22.3. The summed E-state index contributed by atoms with van der Waals surface area (Å²) in [5.41, 5.74) is 1.20. The maximum absolute atomic E-state index is 12.7. The van der Waals surface area contributed by atoms with Crippen LogP contribution in [0.15, 0.2) is 36.5 Å². The lowest BCUT2D eigenvalue weighted by Crippen LogP contribution is -2.09. The van der Waals surface area contributed by atoms with Gasteiger partial charge < -0.3 is 10.2 Å². The number of aromatic nitrogens is 1. The third-order valence-electron chi connectivity index (χ3n) is 6.13. The van der Waals surface area contributed by atoms with Gasteiger partial charge in [-0.15, -0.1) is 0 Å². The molecule has 0 radical (unpaired) electrons. The molecule has 0 amide bonds. The van der Waals surface area contributed by atoms with Crippen LogP contribution in [0, 0.1) is 0 Å². The lowest BCUT2D eigenvalue weighted by molar-refractivity contribution is -0.136. The highest BCUT2D eigenvalue weighted by Gasteiger charge is 2.16. The molecule has 5 heteroatoms. The molecule has 0 aliphatic carbocycles. The second kappa shape index (κ2) is 15.3. The Kier molecular flexibility index (Phi) is 12.4. The van der Waals surface area contributed by atoms with Crippen molar-refractivity contribution in [1.82, 2.24) is 4.57 Å². The second-order valence-electron chi connectivity index (χ2n) is 9.02. The summed E-state index contributed by atoms with van der Waals surface area (Å²) in [6, 6.07) is 4.73. The molecule has 0 atom stereocenters. The van der Waals surface area contributed by atoms with E-state index >= 15 is 0 Å². The van der Waals surface area contributed by atoms with E-state index in [0.717, 1.165) is 25.7 Å². The number of carbonyl (C=O) groups excluding carboxylic acids is 1. The van der Waals surface area contributed by atoms with E-state index in [1.165, 1.54) is 69.9 Å². The molecule has 0 bridgehead atoms. The predicted octanol–water partition coefficient (Wildman–Crippen LogP) is 7.65. The van der Waals surface area contributed by atoms with Crippen LogP contribution in [0.25, 0.3) is 10.9 Å². The Bertz CT molecular complexity index is 897. The van der Waals surface area contributed by atoms with Gasteiger partial charge in [0.2, 0.25) is 5.91 Å². The molecular formula is C28H41NO4. The van der Waals surface area contributed by atoms with Crippen molar-refractivity contribution in [2.45, 2.75) is 103 Å². The number of carbonyl (C=O) groups is 2. The lowest BCUT2D eigenvalue weighted by atomic mass is 10.1. The maximum Gasteiger partial charge on any atom is 0.307 e. The predicted molar refractivity (Wildman–Crippen MR) is 135 cm³/mol. The highest BCUT2D eigenvalue weighted by atomic mass is 16.4. The number of carboxylic acid groups (broad SMARTS) is 1. The van der Waals surface area contributed by atoms with E-state index in [0.29, 0.717) is 22.9 Å². The van der Waals surface area contributed by atoms with E-state index < -0.39 is 5.97 Å². The average molecular weight is 456 g/mol. The van der Waals surface area contributed by atoms with Gasteiger partial charge in [-0.1, -0.05) is 70.4 Å². The molecule has 0 fully saturated rings. The molecule has 182 valence electrons. The number of phenols is 1. The highest BCUT2D eigenvalue weighted by Crippen LogP contribution is 2.26. The summed E-state index contributed by atoms with van der Waals surface area (Å²) in [4.78, 5) is 23.9. The molecule has 2 aromatic rings. The Labute approximate surface area is 198 Å². The molecule has 0 saturated carbocycles. The van der Waals surface area contributed by atoms with Crippen LogP contribution in [0.5, 0.6) is 5.75 Å². The number of fused-ring (bicyclic) bond motifs is 1. The van der Waals surface area contributed by atoms with E-state index in [2.05, 4.69) is 19.1 Å². The zero-order valence-corrected chi connectivity index (χ0v) is 20.2. The van der Waals surface area contributed by atoms with Crippen molar-refractivity contribution in [2.24, 2.45) is 0 Å². The number of allylic oxidation sites excluding steroid dienone is 2. The highest BCUT2D eigenvalue weighted by molar-refractivity contribution is 5.96. The van der Waals surface area contributed by atoms with Gasteiger partial charge in [0.1, 0.15) is 5.75 Å². The molecule has 2 rings (SSSR count). The molecule has 0 spiro atoms. The average Bonchev–Trinajstić information content (AvgIpc) is 3.13. The van der Waals surface area contributed by atoms with Crippen molar-refractivity contribution < 1.29 is 19.8 Å². The van der Waals surface area contributed by atoms with Crippen molar-refractivity contribution in [3.8, 4) is 5.75 Å². The first kappa shape index (κ1) is 26.7. The zero-order chi connectivity index (χ0) is 23.9. The fraction of sp³-hybridized carbons (Fsp3) is 0.571. The Morgan fingerprint density at radius 2 is 1.48 bits per heavy atom. The van der Waals surface area contributed by atoms with Crippen molar-refractivity contribution in [1.29, 1.82) is 0 Å². The molecule has 1 aromatic heterocycles. The first-order chi connectivity index (χ1) is 16.0. The van der Waals surface area contributed by atoms with Crippen LogP contribution in [-0.4, -0.2) is 26.7 Å². The van der Waals surface area contributed by atoms with E-state index in [9.17, 15) is 14.7 Å². The summed E-state index contributed by atoms with van der Waals surface area (Å²) in [6.45, 7) is 2.25. The first-order valence-corrected chi connectivity index (χ1v) is 12.8. The van der Waals surface area contributed by atoms with Crippen molar-refractivity contribution >= 4 is 22.8 Å². The minimum Gasteiger partial charge on any atom is -0.508 e. The molecular weight excluding hydrogens is 414 g/mol. The van der Waals surface area contributed by atoms with Crippen LogP contribution >= 0.6 is 0 Å². The summed E-state index contributed by atoms with van der Waals surface area (Å²) >= 11 is 0. The number of benzene rings is 1. The smallest absolute Gasteiger partial charge is 0.307 e. The van der Waals surface area contributed by atoms with Gasteiger partial charge in [0.05, 0.1) is 11.9 Å². The summed E-state index contributed by atoms with van der Waals surface area (Å²) in [5.74, 6) is -0.918. The molecule has 5 nitrogen and oxygen atoms in total. The first-order valence-electron chi connectivity index (χ1n) is 12.8. The van der Waals surface area contributed by atoms with Crippen molar-refractivity contribution in [3.05, 3.63) is 42.1 Å². The van der Waals surface area contributed by atoms with Gasteiger partial charge in [-0.05, 0) is 55.9 Å². The molecule has 0 unspecified atom stereocenters. The van der Waals surface area contributed by atoms with E-state index in [1.54, 1.807) is 16.8 Å². The van der Waals surface area contributed by atoms with Crippen LogP contribution in [0.1, 0.15) is 107 Å². The van der Waals surface area contributed by atoms with Crippen LogP contribution in [0.2, 0.25) is 0 Å². The quantitative estimate of drug-likeness (QED) is 0.190. The van der Waals surface area contributed by atoms with Gasteiger partial charge in [0, 0.05) is 18.0 Å². The fourth-order valence-corrected chi connectivity index (χ4v) is 4.26. The molecule has 1 aromatic carbocycles. The number of rotatable bonds is 17. The number of phenolic OH excluding ortho intramolecular Hbond substituents is 1. The third kappa shape index (κ3) is 9.85. The van der Waals surface area contributed by atoms with Crippen LogP contribution < -0.4 is 0 Å². The number of nitrogens with zero attached hydrogens (tertiary/aromatic N) is 1. The van der Waals surface area contributed by atoms with Crippen LogP contribution in [0.4, 0.5) is 0 Å². The molecule has 1 heterocycles. The van der Waals surface area contributed by atoms with E-state index in [-0.39, 0.29) is 18.1 Å². The molecule has 2 N–H and O–H groups in total. The SMILES string of the molecule is CCCCCCCC/C=C\CCCCCCCC(=O)n1cc(CC(=O)O)c2cc(O)ccc21. The number of aromatic hydroxyl groups is 1. The normalized spacial score (nSPS) is 11.5. The monoisotopic (exact) mass is 455 g/mol. The minimum absolute atomic E-state index is 0.0278. The molecule has 0 aliphatic heterocycles. The third-order valence-corrected chi connectivity index (χ3v) is 6.13. The van der Waals surface area contributed by atoms with Gasteiger partial charge >= 0.3 is 5.97 Å². The summed E-state index contributed by atoms with van der Waals surface area (Å²) in [5, 5.41) is 19.5. The van der Waals surface area contributed by atoms with Gasteiger partial charge in [-0.25, -0.2) is 0 Å². The number of aliphatic carboxylic acids is 1. The topological polar surface area (TPSA) is 79.5 Å². The Morgan fingerprint density at radius 1 is 0.879 bits per heavy atom. The fourth-order valence-electron chi connectivity index (χ4n) is 4.26. The molecule has 0 saturated heterocycles. The Balaban J connectivity index is 1.62. The summed E-state index contributed by atoms with van der Waals surface area (Å²) < 4.78 is 1.54. The number of unbranched alkanes of at least 4 members (excludes halogenated alkanes) is 11. The standard InChI is InChI=1S/C28H41NO4/c1-2-3-4-5-6-7-8-9-10-11-12-13-14-15-16-17-27(31)29-22-23(20-28(32)33)25-21-24(30)18-19-26(25)29/h9-10,18-19,21-22,30H,2-8,11-17,20H2,1H3,(H,32,33)/b10-9-. The molecule has 33 heavy (non-hydrogen) atoms. The van der Waals surface area contributed by atoms with E-state index in [1.807, 2.05) is 0 Å². The minimum atomic E-state index is -0.956. The van der Waals surface area contributed by atoms with E-state index in [4.69, 9.17) is 5.11 Å². The van der Waals surface area contributed by atoms with Gasteiger partial charge in [-0.3, -0.25) is 14.2 Å². The number of hydrogen-bond acceptors (Lipinski definition) is 3. The Morgan fingerprint density at radius 3 is 2.12 bits per heavy atom.